The average Bonchev–Trinajstić information content (AvgIpc) is 3.04. The van der Waals surface area contributed by atoms with Gasteiger partial charge in [0.15, 0.2) is 0 Å². The van der Waals surface area contributed by atoms with Gasteiger partial charge in [0.05, 0.1) is 11.6 Å². The Hall–Kier alpha value is -3.46. The molecule has 0 bridgehead atoms. The molecule has 3 aromatic carbocycles. The molecule has 1 amide bonds. The Morgan fingerprint density at radius 2 is 1.66 bits per heavy atom. The van der Waals surface area contributed by atoms with Gasteiger partial charge in [0, 0.05) is 30.9 Å². The van der Waals surface area contributed by atoms with Crippen LogP contribution in [0.4, 0.5) is 5.69 Å². The highest BCUT2D eigenvalue weighted by Crippen LogP contribution is 2.23. The second-order valence-electron chi connectivity index (χ2n) is 8.35. The minimum atomic E-state index is -0.223. The molecule has 4 rings (SSSR count). The molecule has 1 fully saturated rings. The third-order valence-corrected chi connectivity index (χ3v) is 5.90. The Balaban J connectivity index is 1.37. The van der Waals surface area contributed by atoms with Crippen molar-refractivity contribution in [2.75, 3.05) is 38.5 Å². The van der Waals surface area contributed by atoms with E-state index < -0.39 is 0 Å². The van der Waals surface area contributed by atoms with Gasteiger partial charge in [-0.3, -0.25) is 9.69 Å². The second-order valence-corrected chi connectivity index (χ2v) is 8.35. The first-order valence-corrected chi connectivity index (χ1v) is 11.0. The predicted octanol–water partition coefficient (Wildman–Crippen LogP) is 4.62. The van der Waals surface area contributed by atoms with E-state index >= 15 is 0 Å². The third kappa shape index (κ3) is 5.61. The molecule has 0 aliphatic carbocycles. The lowest BCUT2D eigenvalue weighted by Gasteiger charge is -2.20. The minimum absolute atomic E-state index is 0.223. The lowest BCUT2D eigenvalue weighted by molar-refractivity contribution is 0.102. The van der Waals surface area contributed by atoms with Gasteiger partial charge in [0.1, 0.15) is 0 Å². The highest BCUT2D eigenvalue weighted by molar-refractivity contribution is 6.04. The lowest BCUT2D eigenvalue weighted by Crippen LogP contribution is -2.28. The molecule has 0 aromatic heterocycles. The maximum absolute atomic E-state index is 12.5. The van der Waals surface area contributed by atoms with E-state index in [-0.39, 0.29) is 5.91 Å². The van der Waals surface area contributed by atoms with Gasteiger partial charge >= 0.3 is 0 Å². The first-order chi connectivity index (χ1) is 15.6. The molecule has 0 spiro atoms. The molecule has 0 saturated carbocycles. The third-order valence-electron chi connectivity index (χ3n) is 5.90. The number of carbonyl (C=O) groups excluding carboxylic acids is 1. The monoisotopic (exact) mass is 424 g/mol. The zero-order valence-corrected chi connectivity index (χ0v) is 18.4. The number of rotatable bonds is 5. The van der Waals surface area contributed by atoms with Crippen LogP contribution in [0.1, 0.15) is 27.9 Å². The summed E-state index contributed by atoms with van der Waals surface area (Å²) in [6, 6.07) is 25.3. The highest BCUT2D eigenvalue weighted by Gasteiger charge is 2.12. The molecular formula is C27H28N4O. The Bertz CT molecular complexity index is 1100. The van der Waals surface area contributed by atoms with E-state index in [4.69, 9.17) is 5.26 Å². The van der Waals surface area contributed by atoms with Crippen LogP contribution in [-0.4, -0.2) is 48.9 Å². The first kappa shape index (κ1) is 21.8. The summed E-state index contributed by atoms with van der Waals surface area (Å²) in [6.07, 6.45) is 1.22. The van der Waals surface area contributed by atoms with Crippen LogP contribution in [0.2, 0.25) is 0 Å². The molecule has 0 unspecified atom stereocenters. The molecule has 1 heterocycles. The van der Waals surface area contributed by atoms with Crippen molar-refractivity contribution in [1.29, 1.82) is 5.26 Å². The lowest BCUT2D eigenvalue weighted by atomic mass is 10.0. The van der Waals surface area contributed by atoms with Crippen LogP contribution in [0.15, 0.2) is 72.8 Å². The topological polar surface area (TPSA) is 59.4 Å². The van der Waals surface area contributed by atoms with Crippen molar-refractivity contribution in [3.63, 3.8) is 0 Å². The summed E-state index contributed by atoms with van der Waals surface area (Å²) in [5.74, 6) is -0.223. The second kappa shape index (κ2) is 10.2. The van der Waals surface area contributed by atoms with Crippen LogP contribution >= 0.6 is 0 Å². The van der Waals surface area contributed by atoms with E-state index in [1.807, 2.05) is 24.3 Å². The van der Waals surface area contributed by atoms with Gasteiger partial charge < -0.3 is 10.2 Å². The molecule has 1 aliphatic heterocycles. The average molecular weight is 425 g/mol. The van der Waals surface area contributed by atoms with Gasteiger partial charge in [-0.2, -0.15) is 5.26 Å². The summed E-state index contributed by atoms with van der Waals surface area (Å²) in [6.45, 7) is 5.57. The number of nitrogens with zero attached hydrogens (tertiary/aromatic N) is 3. The molecule has 32 heavy (non-hydrogen) atoms. The van der Waals surface area contributed by atoms with Gasteiger partial charge in [0.2, 0.25) is 0 Å². The number of hydrogen-bond donors (Lipinski definition) is 1. The van der Waals surface area contributed by atoms with Crippen molar-refractivity contribution in [3.05, 3.63) is 89.5 Å². The Morgan fingerprint density at radius 3 is 2.38 bits per heavy atom. The predicted molar refractivity (Wildman–Crippen MR) is 128 cm³/mol. The standard InChI is InChI=1S/C27H28N4O/c1-30-14-3-15-31(17-16-30)20-21-6-8-23(9-7-21)24-10-12-26(13-11-24)29-27(32)25-5-2-4-22(18-25)19-28/h2,4-13,18H,3,14-17,20H2,1H3,(H,29,32). The smallest absolute Gasteiger partial charge is 0.255 e. The zero-order chi connectivity index (χ0) is 22.3. The number of likely N-dealkylation sites (N-methyl/N-ethyl adjacent to an activating group) is 1. The SMILES string of the molecule is CN1CCCN(Cc2ccc(-c3ccc(NC(=O)c4cccc(C#N)c4)cc3)cc2)CC1. The Kier molecular flexibility index (Phi) is 6.96. The largest absolute Gasteiger partial charge is 0.322 e. The van der Waals surface area contributed by atoms with Crippen molar-refractivity contribution < 1.29 is 4.79 Å². The van der Waals surface area contributed by atoms with Crippen molar-refractivity contribution in [3.8, 4) is 17.2 Å². The summed E-state index contributed by atoms with van der Waals surface area (Å²) in [7, 11) is 2.20. The maximum atomic E-state index is 12.5. The molecule has 1 aliphatic rings. The van der Waals surface area contributed by atoms with E-state index in [1.54, 1.807) is 24.3 Å². The van der Waals surface area contributed by atoms with E-state index in [0.717, 1.165) is 43.0 Å². The fraction of sp³-hybridized carbons (Fsp3) is 0.259. The van der Waals surface area contributed by atoms with Gasteiger partial charge in [-0.15, -0.1) is 0 Å². The molecule has 5 nitrogen and oxygen atoms in total. The number of amides is 1. The molecule has 0 radical (unpaired) electrons. The number of anilines is 1. The van der Waals surface area contributed by atoms with Gasteiger partial charge in [-0.05, 0) is 73.6 Å². The van der Waals surface area contributed by atoms with Crippen molar-refractivity contribution in [2.45, 2.75) is 13.0 Å². The summed E-state index contributed by atoms with van der Waals surface area (Å²) < 4.78 is 0. The molecule has 0 atom stereocenters. The van der Waals surface area contributed by atoms with Crippen LogP contribution in [0.25, 0.3) is 11.1 Å². The molecule has 1 saturated heterocycles. The zero-order valence-electron chi connectivity index (χ0n) is 18.4. The number of benzene rings is 3. The van der Waals surface area contributed by atoms with E-state index in [9.17, 15) is 4.79 Å². The van der Waals surface area contributed by atoms with Crippen molar-refractivity contribution in [2.24, 2.45) is 0 Å². The Morgan fingerprint density at radius 1 is 0.938 bits per heavy atom. The van der Waals surface area contributed by atoms with Crippen molar-refractivity contribution >= 4 is 11.6 Å². The van der Waals surface area contributed by atoms with Crippen LogP contribution in [0, 0.1) is 11.3 Å². The molecule has 162 valence electrons. The first-order valence-electron chi connectivity index (χ1n) is 11.0. The number of nitrogens with one attached hydrogen (secondary N) is 1. The van der Waals surface area contributed by atoms with E-state index in [0.29, 0.717) is 11.1 Å². The normalized spacial score (nSPS) is 15.0. The highest BCUT2D eigenvalue weighted by atomic mass is 16.1. The van der Waals surface area contributed by atoms with E-state index in [1.165, 1.54) is 18.5 Å². The quantitative estimate of drug-likeness (QED) is 0.650. The van der Waals surface area contributed by atoms with Gasteiger partial charge in [0.25, 0.3) is 5.91 Å². The molecule has 3 aromatic rings. The van der Waals surface area contributed by atoms with Crippen LogP contribution in [0.3, 0.4) is 0 Å². The molecule has 5 heteroatoms. The van der Waals surface area contributed by atoms with Gasteiger partial charge in [-0.25, -0.2) is 0 Å². The summed E-state index contributed by atoms with van der Waals surface area (Å²) in [5.41, 5.74) is 5.27. The van der Waals surface area contributed by atoms with Gasteiger partial charge in [-0.1, -0.05) is 42.5 Å². The number of nitriles is 1. The fourth-order valence-corrected chi connectivity index (χ4v) is 4.00. The number of carbonyl (C=O) groups is 1. The summed E-state index contributed by atoms with van der Waals surface area (Å²) in [5, 5.41) is 11.9. The molecule has 1 N–H and O–H groups in total. The molecular weight excluding hydrogens is 396 g/mol. The number of hydrogen-bond acceptors (Lipinski definition) is 4. The van der Waals surface area contributed by atoms with Crippen LogP contribution in [0.5, 0.6) is 0 Å². The summed E-state index contributed by atoms with van der Waals surface area (Å²) >= 11 is 0. The van der Waals surface area contributed by atoms with Crippen LogP contribution < -0.4 is 5.32 Å². The fourth-order valence-electron chi connectivity index (χ4n) is 4.00. The minimum Gasteiger partial charge on any atom is -0.322 e. The van der Waals surface area contributed by atoms with Crippen molar-refractivity contribution in [1.82, 2.24) is 9.80 Å². The van der Waals surface area contributed by atoms with E-state index in [2.05, 4.69) is 52.5 Å². The van der Waals surface area contributed by atoms with Crippen LogP contribution in [-0.2, 0) is 6.54 Å². The summed E-state index contributed by atoms with van der Waals surface area (Å²) in [4.78, 5) is 17.4. The Labute approximate surface area is 189 Å². The maximum Gasteiger partial charge on any atom is 0.255 e.